The molecule has 2 N–H and O–H groups in total. The molecule has 0 radical (unpaired) electrons. The van der Waals surface area contributed by atoms with E-state index in [2.05, 4.69) is 31.2 Å². The summed E-state index contributed by atoms with van der Waals surface area (Å²) in [5.74, 6) is -0.0632. The first-order valence-electron chi connectivity index (χ1n) is 18.1. The average molecular weight is 736 g/mol. The normalized spacial score (nSPS) is 34.2. The predicted octanol–water partition coefficient (Wildman–Crippen LogP) is 5.71. The van der Waals surface area contributed by atoms with Gasteiger partial charge in [0.1, 0.15) is 21.2 Å². The number of ether oxygens (including phenoxy) is 2. The van der Waals surface area contributed by atoms with Crippen molar-refractivity contribution in [2.24, 2.45) is 34.6 Å². The molecule has 3 aliphatic carbocycles. The molecular weight excluding hydrogens is 690 g/mol. The number of aliphatic hydroxyl groups is 1. The van der Waals surface area contributed by atoms with Gasteiger partial charge in [-0.05, 0) is 110 Å². The fourth-order valence-corrected chi connectivity index (χ4v) is 11.4. The molecule has 0 saturated heterocycles. The molecule has 272 valence electrons. The van der Waals surface area contributed by atoms with Crippen molar-refractivity contribution in [3.8, 4) is 11.6 Å². The van der Waals surface area contributed by atoms with Gasteiger partial charge in [-0.15, -0.1) is 9.46 Å². The van der Waals surface area contributed by atoms with Crippen LogP contribution >= 0.6 is 11.6 Å². The predicted molar refractivity (Wildman–Crippen MR) is 195 cm³/mol. The molecule has 8 unspecified atom stereocenters. The maximum atomic E-state index is 14.8. The van der Waals surface area contributed by atoms with Crippen LogP contribution in [0.15, 0.2) is 47.0 Å². The van der Waals surface area contributed by atoms with Crippen molar-refractivity contribution in [1.82, 2.24) is 14.5 Å². The van der Waals surface area contributed by atoms with Crippen molar-refractivity contribution >= 4 is 39.0 Å². The number of carbonyl (C=O) groups is 2. The summed E-state index contributed by atoms with van der Waals surface area (Å²) in [6.45, 7) is 5.64. The Kier molecular flexibility index (Phi) is 8.46. The molecule has 2 fully saturated rings. The van der Waals surface area contributed by atoms with Crippen molar-refractivity contribution < 1.29 is 28.4 Å². The van der Waals surface area contributed by atoms with Gasteiger partial charge in [0.05, 0.1) is 30.8 Å². The lowest BCUT2D eigenvalue weighted by atomic mass is 9.70. The molecule has 2 amide bonds. The van der Waals surface area contributed by atoms with Crippen LogP contribution in [0.4, 0.5) is 5.69 Å². The summed E-state index contributed by atoms with van der Waals surface area (Å²) in [5.41, 5.74) is 3.41. The smallest absolute Gasteiger partial charge is 0.286 e. The number of methoxy groups -OCH3 is 1. The molecule has 1 aromatic heterocycles. The number of amides is 2. The van der Waals surface area contributed by atoms with Crippen LogP contribution in [0, 0.1) is 23.2 Å². The van der Waals surface area contributed by atoms with Crippen molar-refractivity contribution in [3.05, 3.63) is 69.9 Å². The Morgan fingerprint density at radius 1 is 1.16 bits per heavy atom. The lowest BCUT2D eigenvalue weighted by Gasteiger charge is -2.41. The summed E-state index contributed by atoms with van der Waals surface area (Å²) < 4.78 is 35.2. The highest BCUT2D eigenvalue weighted by Crippen LogP contribution is 2.81. The third-order valence-corrected chi connectivity index (χ3v) is 15.1. The number of halogens is 1. The van der Waals surface area contributed by atoms with Crippen LogP contribution in [0.2, 0.25) is 5.02 Å². The van der Waals surface area contributed by atoms with Crippen molar-refractivity contribution in [2.75, 3.05) is 31.7 Å². The first-order valence-corrected chi connectivity index (χ1v) is 20.0. The summed E-state index contributed by atoms with van der Waals surface area (Å²) in [5, 5.41) is 15.7. The summed E-state index contributed by atoms with van der Waals surface area (Å²) >= 11 is 6.45. The van der Waals surface area contributed by atoms with Crippen LogP contribution in [0.5, 0.6) is 11.6 Å². The van der Waals surface area contributed by atoms with E-state index in [1.807, 2.05) is 19.1 Å². The Hall–Kier alpha value is -3.61. The van der Waals surface area contributed by atoms with E-state index in [9.17, 15) is 18.9 Å². The monoisotopic (exact) mass is 735 g/mol. The Labute approximate surface area is 304 Å². The van der Waals surface area contributed by atoms with Crippen molar-refractivity contribution in [2.45, 2.75) is 75.6 Å². The maximum absolute atomic E-state index is 14.8. The quantitative estimate of drug-likeness (QED) is 0.349. The maximum Gasteiger partial charge on any atom is 0.286 e. The highest BCUT2D eigenvalue weighted by molar-refractivity contribution is 7.93. The first-order chi connectivity index (χ1) is 24.4. The third kappa shape index (κ3) is 5.91. The minimum atomic E-state index is -3.66. The van der Waals surface area contributed by atoms with Gasteiger partial charge in [0, 0.05) is 42.3 Å². The number of aryl methyl sites for hydroxylation is 2. The number of hydrogen-bond donors (Lipinski definition) is 2. The molecule has 5 aliphatic rings. The molecule has 8 rings (SSSR count). The second-order valence-corrected chi connectivity index (χ2v) is 18.3. The number of nitrogens with zero attached hydrogens (tertiary/aromatic N) is 4. The van der Waals surface area contributed by atoms with E-state index < -0.39 is 33.1 Å². The van der Waals surface area contributed by atoms with E-state index >= 15 is 0 Å². The topological polar surface area (TPSA) is 135 Å². The van der Waals surface area contributed by atoms with Gasteiger partial charge in [0.25, 0.3) is 11.8 Å². The standard InChI is InChI=1S/C38H46ClN5O6S/c1-22-7-5-9-31(45)33-29-17-38(29,33)20-44-19-37(14-6-8-24-15-26(39)11-12-28(24)37)21-50-32-13-10-25(16-30(32)44)34(46)41-51(48,23(22)2)42-35(47)27-18-43(3)40-36(27)49-4/h10-13,15-16,18,22-23,29,31,33,45H,5-9,14,17,19-21H2,1-4H3,(H,41,42,46,47,48). The molecule has 3 heterocycles. The Morgan fingerprint density at radius 3 is 2.76 bits per heavy atom. The molecule has 13 heteroatoms. The average Bonchev–Trinajstić information content (AvgIpc) is 3.93. The van der Waals surface area contributed by atoms with Crippen LogP contribution in [-0.2, 0) is 28.8 Å². The second kappa shape index (κ2) is 12.5. The zero-order valence-corrected chi connectivity index (χ0v) is 31.1. The number of rotatable bonds is 3. The summed E-state index contributed by atoms with van der Waals surface area (Å²) in [7, 11) is -0.603. The fourth-order valence-electron chi connectivity index (χ4n) is 9.30. The molecule has 2 spiro atoms. The van der Waals surface area contributed by atoms with E-state index in [1.54, 1.807) is 26.1 Å². The number of anilines is 1. The zero-order valence-electron chi connectivity index (χ0n) is 29.6. The van der Waals surface area contributed by atoms with Crippen LogP contribution in [0.3, 0.4) is 0 Å². The van der Waals surface area contributed by atoms with Gasteiger partial charge in [-0.2, -0.15) is 0 Å². The van der Waals surface area contributed by atoms with E-state index in [0.717, 1.165) is 49.4 Å². The molecule has 2 aliphatic heterocycles. The number of nitrogens with one attached hydrogen (secondary N) is 1. The fraction of sp³-hybridized carbons (Fsp3) is 0.553. The number of aromatic nitrogens is 2. The van der Waals surface area contributed by atoms with Gasteiger partial charge in [0.15, 0.2) is 0 Å². The molecule has 2 bridgehead atoms. The first kappa shape index (κ1) is 34.5. The molecule has 2 saturated carbocycles. The molecule has 3 aromatic rings. The minimum Gasteiger partial charge on any atom is -0.490 e. The van der Waals surface area contributed by atoms with Crippen LogP contribution in [0.25, 0.3) is 0 Å². The SMILES string of the molecule is COc1nn(C)cc1C(=O)NS1(=O)=NC(=O)c2ccc3c(c2)N(CC2(CCCc4cc(Cl)ccc42)CO3)CC23CC2C3C(O)CCCC(C)C1C. The lowest BCUT2D eigenvalue weighted by Crippen LogP contribution is -2.47. The number of benzene rings is 2. The van der Waals surface area contributed by atoms with Crippen LogP contribution in [0.1, 0.15) is 84.2 Å². The number of fused-ring (bicyclic) bond motifs is 4. The Morgan fingerprint density at radius 2 is 1.98 bits per heavy atom. The van der Waals surface area contributed by atoms with E-state index in [1.165, 1.54) is 29.1 Å². The summed E-state index contributed by atoms with van der Waals surface area (Å²) in [6.07, 6.45) is 7.09. The van der Waals surface area contributed by atoms with Gasteiger partial charge in [-0.3, -0.25) is 19.0 Å². The molecule has 11 nitrogen and oxygen atoms in total. The molecule has 51 heavy (non-hydrogen) atoms. The van der Waals surface area contributed by atoms with E-state index in [0.29, 0.717) is 37.7 Å². The number of aliphatic hydroxyl groups excluding tert-OH is 1. The molecule has 8 atom stereocenters. The van der Waals surface area contributed by atoms with Crippen LogP contribution in [-0.4, -0.2) is 69.1 Å². The zero-order chi connectivity index (χ0) is 35.9. The highest BCUT2D eigenvalue weighted by Gasteiger charge is 2.80. The molecular formula is C38H46ClN5O6S. The summed E-state index contributed by atoms with van der Waals surface area (Å²) in [4.78, 5) is 30.1. The van der Waals surface area contributed by atoms with Crippen LogP contribution < -0.4 is 19.1 Å². The van der Waals surface area contributed by atoms with Crippen molar-refractivity contribution in [1.29, 1.82) is 0 Å². The Balaban J connectivity index is 1.21. The largest absolute Gasteiger partial charge is 0.490 e. The van der Waals surface area contributed by atoms with Gasteiger partial charge in [-0.25, -0.2) is 4.21 Å². The van der Waals surface area contributed by atoms with Gasteiger partial charge >= 0.3 is 0 Å². The lowest BCUT2D eigenvalue weighted by molar-refractivity contribution is 0.0979. The molecule has 2 aromatic carbocycles. The second-order valence-electron chi connectivity index (χ2n) is 15.6. The number of hydrogen-bond acceptors (Lipinski definition) is 8. The minimum absolute atomic E-state index is 0.0476. The van der Waals surface area contributed by atoms with Crippen molar-refractivity contribution in [3.63, 3.8) is 0 Å². The van der Waals surface area contributed by atoms with Gasteiger partial charge in [0.2, 0.25) is 5.88 Å². The van der Waals surface area contributed by atoms with Gasteiger partial charge < -0.3 is 19.5 Å². The number of carbonyl (C=O) groups excluding carboxylic acids is 2. The third-order valence-electron chi connectivity index (χ3n) is 12.5. The van der Waals surface area contributed by atoms with E-state index in [-0.39, 0.29) is 39.7 Å². The Bertz CT molecular complexity index is 2040. The van der Waals surface area contributed by atoms with Gasteiger partial charge in [-0.1, -0.05) is 31.0 Å². The highest BCUT2D eigenvalue weighted by atomic mass is 35.5. The summed E-state index contributed by atoms with van der Waals surface area (Å²) in [6, 6.07) is 11.5. The van der Waals surface area contributed by atoms with E-state index in [4.69, 9.17) is 21.1 Å².